The minimum atomic E-state index is -3.21. The summed E-state index contributed by atoms with van der Waals surface area (Å²) in [6.07, 6.45) is 1.58. The fourth-order valence-electron chi connectivity index (χ4n) is 2.53. The van der Waals surface area contributed by atoms with Crippen molar-refractivity contribution in [3.8, 4) is 0 Å². The van der Waals surface area contributed by atoms with Gasteiger partial charge < -0.3 is 10.0 Å². The highest BCUT2D eigenvalue weighted by atomic mass is 32.2. The normalized spacial score (nSPS) is 27.4. The Labute approximate surface area is 118 Å². The smallest absolute Gasteiger partial charge is 0.307 e. The molecular formula is C12H20N2O5S. The van der Waals surface area contributed by atoms with Crippen molar-refractivity contribution in [3.63, 3.8) is 0 Å². The molecule has 2 rings (SSSR count). The van der Waals surface area contributed by atoms with Gasteiger partial charge in [0, 0.05) is 19.1 Å². The average molecular weight is 304 g/mol. The molecule has 1 aliphatic heterocycles. The molecule has 2 aliphatic rings. The minimum Gasteiger partial charge on any atom is -0.481 e. The summed E-state index contributed by atoms with van der Waals surface area (Å²) in [4.78, 5) is 24.5. The Hall–Kier alpha value is -1.15. The van der Waals surface area contributed by atoms with Crippen LogP contribution in [0.2, 0.25) is 0 Å². The third-order valence-electron chi connectivity index (χ3n) is 3.96. The Bertz CT molecular complexity index is 496. The maximum atomic E-state index is 12.0. The first kappa shape index (κ1) is 15.2. The number of piperidine rings is 1. The van der Waals surface area contributed by atoms with Gasteiger partial charge in [-0.15, -0.1) is 0 Å². The van der Waals surface area contributed by atoms with Crippen LogP contribution < -0.4 is 4.72 Å². The van der Waals surface area contributed by atoms with E-state index in [2.05, 4.69) is 4.72 Å². The van der Waals surface area contributed by atoms with Gasteiger partial charge in [-0.2, -0.15) is 0 Å². The monoisotopic (exact) mass is 304 g/mol. The van der Waals surface area contributed by atoms with Crippen LogP contribution in [0.1, 0.15) is 26.2 Å². The molecule has 0 spiro atoms. The molecule has 8 heteroatoms. The lowest BCUT2D eigenvalue weighted by atomic mass is 10.1. The van der Waals surface area contributed by atoms with Crippen molar-refractivity contribution in [1.82, 2.24) is 9.62 Å². The quantitative estimate of drug-likeness (QED) is 0.721. The highest BCUT2D eigenvalue weighted by Gasteiger charge is 2.50. The minimum absolute atomic E-state index is 0.0501. The second-order valence-electron chi connectivity index (χ2n) is 5.41. The third kappa shape index (κ3) is 3.49. The van der Waals surface area contributed by atoms with Crippen LogP contribution in [0, 0.1) is 11.8 Å². The van der Waals surface area contributed by atoms with Crippen molar-refractivity contribution in [3.05, 3.63) is 0 Å². The molecule has 1 aliphatic carbocycles. The Morgan fingerprint density at radius 2 is 1.85 bits per heavy atom. The van der Waals surface area contributed by atoms with Gasteiger partial charge in [-0.1, -0.05) is 0 Å². The Morgan fingerprint density at radius 3 is 2.30 bits per heavy atom. The highest BCUT2D eigenvalue weighted by Crippen LogP contribution is 2.40. The molecule has 20 heavy (non-hydrogen) atoms. The lowest BCUT2D eigenvalue weighted by Gasteiger charge is -2.32. The molecule has 0 aromatic heterocycles. The number of hydrogen-bond donors (Lipinski definition) is 2. The van der Waals surface area contributed by atoms with Crippen LogP contribution in [-0.4, -0.2) is 55.2 Å². The summed E-state index contributed by atoms with van der Waals surface area (Å²) < 4.78 is 25.5. The second-order valence-corrected chi connectivity index (χ2v) is 7.45. The molecule has 0 unspecified atom stereocenters. The third-order valence-corrected chi connectivity index (χ3v) is 5.41. The van der Waals surface area contributed by atoms with Gasteiger partial charge >= 0.3 is 5.97 Å². The summed E-state index contributed by atoms with van der Waals surface area (Å²) in [7, 11) is -3.21. The summed E-state index contributed by atoms with van der Waals surface area (Å²) in [5.74, 6) is -1.87. The summed E-state index contributed by atoms with van der Waals surface area (Å²) >= 11 is 0. The molecule has 0 aromatic carbocycles. The average Bonchev–Trinajstić information content (AvgIpc) is 3.19. The number of nitrogens with zero attached hydrogens (tertiary/aromatic N) is 1. The summed E-state index contributed by atoms with van der Waals surface area (Å²) in [6, 6.07) is -0.126. The number of hydrogen-bond acceptors (Lipinski definition) is 4. The van der Waals surface area contributed by atoms with Crippen LogP contribution in [-0.2, 0) is 19.6 Å². The first-order valence-corrected chi connectivity index (χ1v) is 8.51. The number of sulfonamides is 1. The second kappa shape index (κ2) is 5.69. The SMILES string of the molecule is CCS(=O)(=O)NC1CCN(C(=O)[C@@H]2C[C@@H]2C(=O)O)CC1. The number of amides is 1. The van der Waals surface area contributed by atoms with E-state index in [0.29, 0.717) is 32.4 Å². The Morgan fingerprint density at radius 1 is 1.25 bits per heavy atom. The Balaban J connectivity index is 1.80. The standard InChI is InChI=1S/C12H20N2O5S/c1-2-20(18,19)13-8-3-5-14(6-4-8)11(15)9-7-10(9)12(16)17/h8-10,13H,2-7H2,1H3,(H,16,17)/t9-,10+/m1/s1. The van der Waals surface area contributed by atoms with E-state index in [-0.39, 0.29) is 23.6 Å². The van der Waals surface area contributed by atoms with Crippen molar-refractivity contribution < 1.29 is 23.1 Å². The number of carboxylic acid groups (broad SMARTS) is 1. The molecule has 2 fully saturated rings. The molecule has 1 heterocycles. The van der Waals surface area contributed by atoms with Crippen molar-refractivity contribution in [2.45, 2.75) is 32.2 Å². The molecule has 1 amide bonds. The number of aliphatic carboxylic acids is 1. The summed E-state index contributed by atoms with van der Waals surface area (Å²) in [5, 5.41) is 8.82. The first-order valence-electron chi connectivity index (χ1n) is 6.85. The number of carbonyl (C=O) groups is 2. The number of rotatable bonds is 5. The van der Waals surface area contributed by atoms with Gasteiger partial charge in [-0.05, 0) is 26.2 Å². The van der Waals surface area contributed by atoms with Crippen LogP contribution in [0.5, 0.6) is 0 Å². The molecule has 0 radical (unpaired) electrons. The zero-order chi connectivity index (χ0) is 14.9. The van der Waals surface area contributed by atoms with Crippen LogP contribution in [0.15, 0.2) is 0 Å². The van der Waals surface area contributed by atoms with Crippen LogP contribution >= 0.6 is 0 Å². The zero-order valence-electron chi connectivity index (χ0n) is 11.4. The maximum Gasteiger partial charge on any atom is 0.307 e. The van der Waals surface area contributed by atoms with Crippen molar-refractivity contribution in [2.75, 3.05) is 18.8 Å². The molecular weight excluding hydrogens is 284 g/mol. The highest BCUT2D eigenvalue weighted by molar-refractivity contribution is 7.89. The van der Waals surface area contributed by atoms with Gasteiger partial charge in [0.2, 0.25) is 15.9 Å². The van der Waals surface area contributed by atoms with E-state index >= 15 is 0 Å². The number of carboxylic acids is 1. The molecule has 1 saturated heterocycles. The molecule has 7 nitrogen and oxygen atoms in total. The number of nitrogens with one attached hydrogen (secondary N) is 1. The van der Waals surface area contributed by atoms with E-state index in [9.17, 15) is 18.0 Å². The van der Waals surface area contributed by atoms with Gasteiger partial charge in [0.1, 0.15) is 0 Å². The molecule has 0 aromatic rings. The number of carbonyl (C=O) groups excluding carboxylic acids is 1. The summed E-state index contributed by atoms with van der Waals surface area (Å²) in [5.41, 5.74) is 0. The largest absolute Gasteiger partial charge is 0.481 e. The molecule has 0 bridgehead atoms. The molecule has 114 valence electrons. The van der Waals surface area contributed by atoms with Crippen molar-refractivity contribution in [1.29, 1.82) is 0 Å². The van der Waals surface area contributed by atoms with Crippen molar-refractivity contribution in [2.24, 2.45) is 11.8 Å². The van der Waals surface area contributed by atoms with Crippen LogP contribution in [0.4, 0.5) is 0 Å². The lowest BCUT2D eigenvalue weighted by molar-refractivity contribution is -0.142. The summed E-state index contributed by atoms with van der Waals surface area (Å²) in [6.45, 7) is 2.55. The predicted octanol–water partition coefficient (Wildman–Crippen LogP) is -0.363. The van der Waals surface area contributed by atoms with Gasteiger partial charge in [0.25, 0.3) is 0 Å². The Kier molecular flexibility index (Phi) is 4.33. The van der Waals surface area contributed by atoms with E-state index in [0.717, 1.165) is 0 Å². The molecule has 2 N–H and O–H groups in total. The van der Waals surface area contributed by atoms with E-state index in [4.69, 9.17) is 5.11 Å². The lowest BCUT2D eigenvalue weighted by Crippen LogP contribution is -2.47. The van der Waals surface area contributed by atoms with E-state index in [1.165, 1.54) is 0 Å². The van der Waals surface area contributed by atoms with Gasteiger partial charge in [0.05, 0.1) is 17.6 Å². The van der Waals surface area contributed by atoms with Gasteiger partial charge in [-0.25, -0.2) is 13.1 Å². The predicted molar refractivity (Wildman–Crippen MR) is 71.4 cm³/mol. The zero-order valence-corrected chi connectivity index (χ0v) is 12.2. The van der Waals surface area contributed by atoms with E-state index in [1.54, 1.807) is 11.8 Å². The fraction of sp³-hybridized carbons (Fsp3) is 0.833. The molecule has 2 atom stereocenters. The van der Waals surface area contributed by atoms with E-state index in [1.807, 2.05) is 0 Å². The van der Waals surface area contributed by atoms with Crippen LogP contribution in [0.3, 0.4) is 0 Å². The van der Waals surface area contributed by atoms with Gasteiger partial charge in [0.15, 0.2) is 0 Å². The first-order chi connectivity index (χ1) is 9.34. The van der Waals surface area contributed by atoms with Crippen LogP contribution in [0.25, 0.3) is 0 Å². The van der Waals surface area contributed by atoms with Crippen molar-refractivity contribution >= 4 is 21.9 Å². The van der Waals surface area contributed by atoms with Gasteiger partial charge in [-0.3, -0.25) is 9.59 Å². The maximum absolute atomic E-state index is 12.0. The topological polar surface area (TPSA) is 104 Å². The van der Waals surface area contributed by atoms with E-state index < -0.39 is 21.9 Å². The number of likely N-dealkylation sites (tertiary alicyclic amines) is 1. The fourth-order valence-corrected chi connectivity index (χ4v) is 3.44. The molecule has 1 saturated carbocycles.